The third kappa shape index (κ3) is 3.54. The lowest BCUT2D eigenvalue weighted by Crippen LogP contribution is -2.41. The second-order valence-electron chi connectivity index (χ2n) is 4.62. The third-order valence-electron chi connectivity index (χ3n) is 3.48. The first-order valence-electron chi connectivity index (χ1n) is 6.33. The molecule has 1 N–H and O–H groups in total. The van der Waals surface area contributed by atoms with Crippen LogP contribution >= 0.6 is 15.9 Å². The molecule has 3 heteroatoms. The summed E-state index contributed by atoms with van der Waals surface area (Å²) < 4.78 is 7.20. The van der Waals surface area contributed by atoms with Crippen molar-refractivity contribution in [1.29, 1.82) is 0 Å². The van der Waals surface area contributed by atoms with Crippen LogP contribution in [0.2, 0.25) is 0 Å². The number of hydrogen-bond acceptors (Lipinski definition) is 2. The van der Waals surface area contributed by atoms with Gasteiger partial charge in [-0.3, -0.25) is 0 Å². The lowest BCUT2D eigenvalue weighted by atomic mass is 9.92. The van der Waals surface area contributed by atoms with E-state index < -0.39 is 0 Å². The van der Waals surface area contributed by atoms with Crippen LogP contribution in [-0.4, -0.2) is 19.2 Å². The minimum atomic E-state index is 0.362. The van der Waals surface area contributed by atoms with Gasteiger partial charge in [-0.15, -0.1) is 0 Å². The first-order chi connectivity index (χ1) is 8.31. The van der Waals surface area contributed by atoms with E-state index in [2.05, 4.69) is 39.4 Å². The molecule has 0 spiro atoms. The molecule has 94 valence electrons. The Morgan fingerprint density at radius 3 is 2.82 bits per heavy atom. The molecule has 0 amide bonds. The second-order valence-corrected chi connectivity index (χ2v) is 5.47. The van der Waals surface area contributed by atoms with Crippen molar-refractivity contribution in [1.82, 2.24) is 5.32 Å². The molecular formula is C14H20BrNO. The van der Waals surface area contributed by atoms with E-state index >= 15 is 0 Å². The average molecular weight is 298 g/mol. The fraction of sp³-hybridized carbons (Fsp3) is 0.571. The van der Waals surface area contributed by atoms with Crippen LogP contribution < -0.4 is 5.32 Å². The normalized spacial score (nSPS) is 24.8. The summed E-state index contributed by atoms with van der Waals surface area (Å²) in [6.45, 7) is 0.699. The van der Waals surface area contributed by atoms with E-state index in [1.54, 1.807) is 0 Å². The Hall–Kier alpha value is -0.380. The van der Waals surface area contributed by atoms with Gasteiger partial charge in [0.1, 0.15) is 0 Å². The van der Waals surface area contributed by atoms with Gasteiger partial charge in [0.05, 0.1) is 12.7 Å². The Kier molecular flexibility index (Phi) is 5.01. The molecule has 17 heavy (non-hydrogen) atoms. The van der Waals surface area contributed by atoms with Gasteiger partial charge in [0, 0.05) is 10.5 Å². The highest BCUT2D eigenvalue weighted by Gasteiger charge is 2.24. The zero-order chi connectivity index (χ0) is 12.1. The molecule has 2 nitrogen and oxygen atoms in total. The quantitative estimate of drug-likeness (QED) is 0.918. The summed E-state index contributed by atoms with van der Waals surface area (Å²) >= 11 is 3.56. The van der Waals surface area contributed by atoms with Gasteiger partial charge in [0.15, 0.2) is 0 Å². The summed E-state index contributed by atoms with van der Waals surface area (Å²) in [5.74, 6) is 0. The molecule has 1 aromatic carbocycles. The van der Waals surface area contributed by atoms with Crippen molar-refractivity contribution < 1.29 is 4.74 Å². The standard InChI is InChI=1S/C14H20BrNO/c1-16-13-8-4-5-9-14(13)17-10-11-6-2-3-7-12(11)15/h2-3,6-7,13-14,16H,4-5,8-10H2,1H3. The summed E-state index contributed by atoms with van der Waals surface area (Å²) in [6, 6.07) is 8.78. The van der Waals surface area contributed by atoms with Crippen LogP contribution in [0.3, 0.4) is 0 Å². The van der Waals surface area contributed by atoms with Gasteiger partial charge in [-0.05, 0) is 31.5 Å². The number of halogens is 1. The van der Waals surface area contributed by atoms with E-state index in [9.17, 15) is 0 Å². The first kappa shape index (κ1) is 13.1. The van der Waals surface area contributed by atoms with E-state index in [4.69, 9.17) is 4.74 Å². The summed E-state index contributed by atoms with van der Waals surface area (Å²) in [7, 11) is 2.03. The van der Waals surface area contributed by atoms with Gasteiger partial charge in [0.25, 0.3) is 0 Å². The lowest BCUT2D eigenvalue weighted by Gasteiger charge is -2.31. The van der Waals surface area contributed by atoms with Crippen LogP contribution in [0.25, 0.3) is 0 Å². The number of ether oxygens (including phenoxy) is 1. The predicted octanol–water partition coefficient (Wildman–Crippen LogP) is 3.50. The molecule has 2 atom stereocenters. The van der Waals surface area contributed by atoms with Crippen LogP contribution in [0.15, 0.2) is 28.7 Å². The topological polar surface area (TPSA) is 21.3 Å². The maximum absolute atomic E-state index is 6.06. The predicted molar refractivity (Wildman–Crippen MR) is 74.0 cm³/mol. The monoisotopic (exact) mass is 297 g/mol. The molecule has 0 aromatic heterocycles. The molecule has 1 fully saturated rings. The summed E-state index contributed by atoms with van der Waals surface area (Å²) in [6.07, 6.45) is 5.38. The highest BCUT2D eigenvalue weighted by molar-refractivity contribution is 9.10. The largest absolute Gasteiger partial charge is 0.372 e. The van der Waals surface area contributed by atoms with Gasteiger partial charge in [-0.1, -0.05) is 47.0 Å². The number of likely N-dealkylation sites (N-methyl/N-ethyl adjacent to an activating group) is 1. The van der Waals surface area contributed by atoms with Crippen LogP contribution in [0, 0.1) is 0 Å². The highest BCUT2D eigenvalue weighted by atomic mass is 79.9. The van der Waals surface area contributed by atoms with Crippen molar-refractivity contribution in [3.63, 3.8) is 0 Å². The fourth-order valence-corrected chi connectivity index (χ4v) is 2.84. The summed E-state index contributed by atoms with van der Waals surface area (Å²) in [4.78, 5) is 0. The van der Waals surface area contributed by atoms with Crippen molar-refractivity contribution in [2.75, 3.05) is 7.05 Å². The molecular weight excluding hydrogens is 278 g/mol. The molecule has 2 rings (SSSR count). The average Bonchev–Trinajstić information content (AvgIpc) is 2.38. The Bertz CT molecular complexity index is 356. The first-order valence-corrected chi connectivity index (χ1v) is 7.13. The molecule has 0 aliphatic heterocycles. The van der Waals surface area contributed by atoms with Crippen LogP contribution in [0.5, 0.6) is 0 Å². The van der Waals surface area contributed by atoms with Gasteiger partial charge in [-0.2, -0.15) is 0 Å². The SMILES string of the molecule is CNC1CCCCC1OCc1ccccc1Br. The van der Waals surface area contributed by atoms with Crippen LogP contribution in [-0.2, 0) is 11.3 Å². The number of rotatable bonds is 4. The maximum Gasteiger partial charge on any atom is 0.0732 e. The zero-order valence-electron chi connectivity index (χ0n) is 10.3. The fourth-order valence-electron chi connectivity index (χ4n) is 2.44. The summed E-state index contributed by atoms with van der Waals surface area (Å²) in [5, 5.41) is 3.37. The highest BCUT2D eigenvalue weighted by Crippen LogP contribution is 2.23. The van der Waals surface area contributed by atoms with E-state index in [0.29, 0.717) is 18.8 Å². The van der Waals surface area contributed by atoms with E-state index in [0.717, 1.165) is 4.47 Å². The lowest BCUT2D eigenvalue weighted by molar-refractivity contribution is -0.00383. The molecule has 1 aliphatic rings. The van der Waals surface area contributed by atoms with Crippen LogP contribution in [0.4, 0.5) is 0 Å². The minimum Gasteiger partial charge on any atom is -0.372 e. The molecule has 0 heterocycles. The Morgan fingerprint density at radius 2 is 2.06 bits per heavy atom. The molecule has 1 saturated carbocycles. The molecule has 0 bridgehead atoms. The van der Waals surface area contributed by atoms with Crippen molar-refractivity contribution in [2.24, 2.45) is 0 Å². The van der Waals surface area contributed by atoms with E-state index in [-0.39, 0.29) is 0 Å². The van der Waals surface area contributed by atoms with Gasteiger partial charge < -0.3 is 10.1 Å². The van der Waals surface area contributed by atoms with Crippen molar-refractivity contribution >= 4 is 15.9 Å². The minimum absolute atomic E-state index is 0.362. The number of hydrogen-bond donors (Lipinski definition) is 1. The molecule has 1 aliphatic carbocycles. The summed E-state index contributed by atoms with van der Waals surface area (Å²) in [5.41, 5.74) is 1.23. The maximum atomic E-state index is 6.06. The van der Waals surface area contributed by atoms with Crippen molar-refractivity contribution in [2.45, 2.75) is 44.4 Å². The molecule has 2 unspecified atom stereocenters. The Morgan fingerprint density at radius 1 is 1.29 bits per heavy atom. The third-order valence-corrected chi connectivity index (χ3v) is 4.26. The van der Waals surface area contributed by atoms with Crippen LogP contribution in [0.1, 0.15) is 31.2 Å². The van der Waals surface area contributed by atoms with Gasteiger partial charge in [-0.25, -0.2) is 0 Å². The van der Waals surface area contributed by atoms with Crippen molar-refractivity contribution in [3.8, 4) is 0 Å². The van der Waals surface area contributed by atoms with E-state index in [1.807, 2.05) is 13.1 Å². The smallest absolute Gasteiger partial charge is 0.0732 e. The zero-order valence-corrected chi connectivity index (χ0v) is 11.9. The Balaban J connectivity index is 1.90. The molecule has 0 saturated heterocycles. The van der Waals surface area contributed by atoms with Gasteiger partial charge in [0.2, 0.25) is 0 Å². The molecule has 1 aromatic rings. The molecule has 0 radical (unpaired) electrons. The number of benzene rings is 1. The van der Waals surface area contributed by atoms with E-state index in [1.165, 1.54) is 31.2 Å². The second kappa shape index (κ2) is 6.53. The number of nitrogens with one attached hydrogen (secondary N) is 1. The Labute approximate surface area is 112 Å². The van der Waals surface area contributed by atoms with Gasteiger partial charge >= 0.3 is 0 Å². The van der Waals surface area contributed by atoms with Crippen molar-refractivity contribution in [3.05, 3.63) is 34.3 Å².